The molecule has 0 bridgehead atoms. The van der Waals surface area contributed by atoms with Gasteiger partial charge in [-0.15, -0.1) is 0 Å². The van der Waals surface area contributed by atoms with E-state index < -0.39 is 18.2 Å². The number of fused-ring (bicyclic) bond motifs is 3. The van der Waals surface area contributed by atoms with Crippen LogP contribution in [0.15, 0.2) is 48.5 Å². The highest BCUT2D eigenvalue weighted by molar-refractivity contribution is 5.81. The number of hydrogen-bond donors (Lipinski definition) is 1. The van der Waals surface area contributed by atoms with Gasteiger partial charge in [0.2, 0.25) is 0 Å². The van der Waals surface area contributed by atoms with E-state index in [9.17, 15) is 14.0 Å². The van der Waals surface area contributed by atoms with Gasteiger partial charge in [0.25, 0.3) is 0 Å². The molecule has 4 nitrogen and oxygen atoms in total. The maximum Gasteiger partial charge on any atom is 0.407 e. The summed E-state index contributed by atoms with van der Waals surface area (Å²) in [5.41, 5.74) is 4.45. The van der Waals surface area contributed by atoms with Gasteiger partial charge in [0.15, 0.2) is 0 Å². The molecule has 0 fully saturated rings. The number of benzene rings is 2. The van der Waals surface area contributed by atoms with Crippen molar-refractivity contribution in [2.45, 2.75) is 25.8 Å². The van der Waals surface area contributed by atoms with Crippen LogP contribution in [0.5, 0.6) is 0 Å². The van der Waals surface area contributed by atoms with E-state index in [-0.39, 0.29) is 18.4 Å². The molecule has 2 aromatic rings. The summed E-state index contributed by atoms with van der Waals surface area (Å²) in [6.45, 7) is 3.45. The van der Waals surface area contributed by atoms with E-state index in [0.717, 1.165) is 22.3 Å². The highest BCUT2D eigenvalue weighted by Crippen LogP contribution is 2.44. The minimum Gasteiger partial charge on any atom is -0.449 e. The van der Waals surface area contributed by atoms with Gasteiger partial charge in [-0.1, -0.05) is 62.4 Å². The molecule has 2 aromatic carbocycles. The Kier molecular flexibility index (Phi) is 4.83. The number of nitrogens with one attached hydrogen (secondary N) is 1. The molecule has 1 aliphatic rings. The number of halogens is 1. The minimum absolute atomic E-state index is 0.0725. The Labute approximate surface area is 146 Å². The SMILES string of the molecule is CC(C)[C@H](NC(=O)OCC1c2ccccc2-c2ccccc21)C(=O)F. The lowest BCUT2D eigenvalue weighted by atomic mass is 9.98. The van der Waals surface area contributed by atoms with Gasteiger partial charge in [0.05, 0.1) is 0 Å². The smallest absolute Gasteiger partial charge is 0.407 e. The zero-order valence-electron chi connectivity index (χ0n) is 14.2. The molecule has 1 aliphatic carbocycles. The normalized spacial score (nSPS) is 13.9. The largest absolute Gasteiger partial charge is 0.449 e. The van der Waals surface area contributed by atoms with E-state index in [4.69, 9.17) is 4.74 Å². The van der Waals surface area contributed by atoms with Crippen molar-refractivity contribution in [2.24, 2.45) is 5.92 Å². The van der Waals surface area contributed by atoms with Crippen molar-refractivity contribution in [1.29, 1.82) is 0 Å². The lowest BCUT2D eigenvalue weighted by molar-refractivity contribution is -0.132. The number of carbonyl (C=O) groups excluding carboxylic acids is 2. The standard InChI is InChI=1S/C20H20FNO3/c1-12(2)18(19(21)23)22-20(24)25-11-17-15-9-5-3-7-13(15)14-8-4-6-10-16(14)17/h3-10,12,17-18H,11H2,1-2H3,(H,22,24)/t18-/m0/s1. The molecular formula is C20H20FNO3. The van der Waals surface area contributed by atoms with E-state index in [1.165, 1.54) is 0 Å². The number of ether oxygens (including phenoxy) is 1. The fourth-order valence-corrected chi connectivity index (χ4v) is 3.25. The highest BCUT2D eigenvalue weighted by atomic mass is 19.1. The monoisotopic (exact) mass is 341 g/mol. The van der Waals surface area contributed by atoms with E-state index >= 15 is 0 Å². The number of carbonyl (C=O) groups is 2. The van der Waals surface area contributed by atoms with Crippen molar-refractivity contribution in [3.8, 4) is 11.1 Å². The molecule has 0 saturated heterocycles. The quantitative estimate of drug-likeness (QED) is 0.835. The Bertz CT molecular complexity index is 758. The zero-order chi connectivity index (χ0) is 18.0. The van der Waals surface area contributed by atoms with Crippen LogP contribution >= 0.6 is 0 Å². The van der Waals surface area contributed by atoms with E-state index in [1.54, 1.807) is 13.8 Å². The van der Waals surface area contributed by atoms with Gasteiger partial charge in [-0.2, -0.15) is 4.39 Å². The van der Waals surface area contributed by atoms with Gasteiger partial charge < -0.3 is 10.1 Å². The first kappa shape index (κ1) is 17.1. The van der Waals surface area contributed by atoms with Crippen LogP contribution in [0, 0.1) is 5.92 Å². The number of rotatable bonds is 5. The molecule has 0 spiro atoms. The fraction of sp³-hybridized carbons (Fsp3) is 0.300. The number of hydrogen-bond acceptors (Lipinski definition) is 3. The molecule has 0 saturated carbocycles. The van der Waals surface area contributed by atoms with Crippen LogP contribution in [0.25, 0.3) is 11.1 Å². The van der Waals surface area contributed by atoms with Gasteiger partial charge in [0.1, 0.15) is 12.6 Å². The summed E-state index contributed by atoms with van der Waals surface area (Å²) < 4.78 is 18.3. The lowest BCUT2D eigenvalue weighted by Crippen LogP contribution is -2.43. The predicted molar refractivity (Wildman–Crippen MR) is 92.9 cm³/mol. The molecule has 130 valence electrons. The minimum atomic E-state index is -1.57. The van der Waals surface area contributed by atoms with Crippen LogP contribution in [0.3, 0.4) is 0 Å². The summed E-state index contributed by atoms with van der Waals surface area (Å²) in [6, 6.07) is 13.2. The van der Waals surface area contributed by atoms with Crippen molar-refractivity contribution in [3.05, 3.63) is 59.7 Å². The molecule has 0 radical (unpaired) electrons. The third-order valence-electron chi connectivity index (χ3n) is 4.53. The molecule has 0 unspecified atom stereocenters. The van der Waals surface area contributed by atoms with Crippen LogP contribution < -0.4 is 5.32 Å². The molecule has 3 rings (SSSR count). The second kappa shape index (κ2) is 7.05. The molecule has 1 N–H and O–H groups in total. The molecule has 25 heavy (non-hydrogen) atoms. The van der Waals surface area contributed by atoms with Gasteiger partial charge in [-0.05, 0) is 28.2 Å². The first-order valence-corrected chi connectivity index (χ1v) is 8.30. The van der Waals surface area contributed by atoms with Gasteiger partial charge >= 0.3 is 12.1 Å². The van der Waals surface area contributed by atoms with E-state index in [1.807, 2.05) is 48.5 Å². The second-order valence-electron chi connectivity index (χ2n) is 6.50. The first-order chi connectivity index (χ1) is 12.0. The molecule has 1 amide bonds. The molecule has 0 heterocycles. The van der Waals surface area contributed by atoms with Crippen molar-refractivity contribution in [3.63, 3.8) is 0 Å². The summed E-state index contributed by atoms with van der Waals surface area (Å²) in [5, 5.41) is 2.30. The number of amides is 1. The summed E-state index contributed by atoms with van der Waals surface area (Å²) in [6.07, 6.45) is -0.786. The molecular weight excluding hydrogens is 321 g/mol. The molecule has 0 aromatic heterocycles. The third kappa shape index (κ3) is 3.40. The predicted octanol–water partition coefficient (Wildman–Crippen LogP) is 4.05. The maximum absolute atomic E-state index is 13.0. The van der Waals surface area contributed by atoms with Gasteiger partial charge in [-0.25, -0.2) is 4.79 Å². The van der Waals surface area contributed by atoms with Crippen LogP contribution in [-0.2, 0) is 9.53 Å². The summed E-state index contributed by atoms with van der Waals surface area (Å²) in [5.74, 6) is -0.422. The van der Waals surface area contributed by atoms with Crippen molar-refractivity contribution in [1.82, 2.24) is 5.32 Å². The average molecular weight is 341 g/mol. The van der Waals surface area contributed by atoms with Crippen LogP contribution in [0.4, 0.5) is 9.18 Å². The summed E-state index contributed by atoms with van der Waals surface area (Å²) in [7, 11) is 0. The Morgan fingerprint density at radius 2 is 1.56 bits per heavy atom. The van der Waals surface area contributed by atoms with Gasteiger partial charge in [0, 0.05) is 5.92 Å². The first-order valence-electron chi connectivity index (χ1n) is 8.30. The van der Waals surface area contributed by atoms with Crippen molar-refractivity contribution >= 4 is 12.1 Å². The molecule has 5 heteroatoms. The summed E-state index contributed by atoms with van der Waals surface area (Å²) in [4.78, 5) is 23.0. The van der Waals surface area contributed by atoms with Crippen LogP contribution in [-0.4, -0.2) is 24.8 Å². The Morgan fingerprint density at radius 1 is 1.04 bits per heavy atom. The van der Waals surface area contributed by atoms with Crippen molar-refractivity contribution < 1.29 is 18.7 Å². The van der Waals surface area contributed by atoms with E-state index in [2.05, 4.69) is 5.32 Å². The fourth-order valence-electron chi connectivity index (χ4n) is 3.25. The average Bonchev–Trinajstić information content (AvgIpc) is 2.91. The Balaban J connectivity index is 1.73. The summed E-state index contributed by atoms with van der Waals surface area (Å²) >= 11 is 0. The van der Waals surface area contributed by atoms with Crippen LogP contribution in [0.1, 0.15) is 30.9 Å². The molecule has 0 aliphatic heterocycles. The zero-order valence-corrected chi connectivity index (χ0v) is 14.2. The topological polar surface area (TPSA) is 55.4 Å². The lowest BCUT2D eigenvalue weighted by Gasteiger charge is -2.19. The van der Waals surface area contributed by atoms with Gasteiger partial charge in [-0.3, -0.25) is 4.79 Å². The van der Waals surface area contributed by atoms with Crippen LogP contribution in [0.2, 0.25) is 0 Å². The Hall–Kier alpha value is -2.69. The third-order valence-corrected chi connectivity index (χ3v) is 4.53. The maximum atomic E-state index is 13.0. The highest BCUT2D eigenvalue weighted by Gasteiger charge is 2.30. The number of alkyl carbamates (subject to hydrolysis) is 1. The molecule has 1 atom stereocenters. The second-order valence-corrected chi connectivity index (χ2v) is 6.50. The van der Waals surface area contributed by atoms with E-state index in [0.29, 0.717) is 0 Å². The van der Waals surface area contributed by atoms with Crippen molar-refractivity contribution in [2.75, 3.05) is 6.61 Å². The Morgan fingerprint density at radius 3 is 2.04 bits per heavy atom.